The molecular weight excluding hydrogens is 236 g/mol. The molecular formula is C14H17F2NO. The first-order valence-electron chi connectivity index (χ1n) is 6.20. The molecule has 1 aliphatic rings. The summed E-state index contributed by atoms with van der Waals surface area (Å²) in [4.78, 5) is 12.3. The van der Waals surface area contributed by atoms with Crippen LogP contribution in [0.25, 0.3) is 0 Å². The minimum atomic E-state index is -1.03. The SMILES string of the molecule is Cc1ccc(C(=O)C2(C)CCCCN2)c(F)c1F. The molecule has 4 heteroatoms. The second-order valence-electron chi connectivity index (χ2n) is 5.10. The van der Waals surface area contributed by atoms with Gasteiger partial charge in [0, 0.05) is 0 Å². The Kier molecular flexibility index (Phi) is 3.48. The van der Waals surface area contributed by atoms with Crippen molar-refractivity contribution in [1.29, 1.82) is 0 Å². The van der Waals surface area contributed by atoms with Gasteiger partial charge in [0.05, 0.1) is 11.1 Å². The maximum Gasteiger partial charge on any atom is 0.185 e. The highest BCUT2D eigenvalue weighted by atomic mass is 19.2. The topological polar surface area (TPSA) is 29.1 Å². The number of ketones is 1. The number of nitrogens with one attached hydrogen (secondary N) is 1. The van der Waals surface area contributed by atoms with Gasteiger partial charge in [0.15, 0.2) is 17.4 Å². The van der Waals surface area contributed by atoms with Crippen LogP contribution in [0.3, 0.4) is 0 Å². The Labute approximate surface area is 105 Å². The Bertz CT molecular complexity index is 479. The van der Waals surface area contributed by atoms with Gasteiger partial charge < -0.3 is 5.32 Å². The Balaban J connectivity index is 2.37. The first kappa shape index (κ1) is 13.1. The molecule has 2 nitrogen and oxygen atoms in total. The third kappa shape index (κ3) is 2.17. The molecule has 1 saturated heterocycles. The molecule has 0 saturated carbocycles. The lowest BCUT2D eigenvalue weighted by Crippen LogP contribution is -2.52. The molecule has 18 heavy (non-hydrogen) atoms. The molecule has 1 heterocycles. The standard InChI is InChI=1S/C14H17F2NO/c1-9-5-6-10(12(16)11(9)15)13(18)14(2)7-3-4-8-17-14/h5-6,17H,3-4,7-8H2,1-2H3. The fourth-order valence-electron chi connectivity index (χ4n) is 2.37. The summed E-state index contributed by atoms with van der Waals surface area (Å²) >= 11 is 0. The number of halogens is 2. The number of piperidine rings is 1. The molecule has 0 spiro atoms. The summed E-state index contributed by atoms with van der Waals surface area (Å²) in [6.45, 7) is 3.97. The molecule has 2 rings (SSSR count). The molecule has 1 unspecified atom stereocenters. The van der Waals surface area contributed by atoms with Gasteiger partial charge in [0.2, 0.25) is 0 Å². The van der Waals surface area contributed by atoms with Crippen LogP contribution in [-0.2, 0) is 0 Å². The van der Waals surface area contributed by atoms with Crippen molar-refractivity contribution in [2.24, 2.45) is 0 Å². The number of carbonyl (C=O) groups is 1. The van der Waals surface area contributed by atoms with Gasteiger partial charge in [-0.3, -0.25) is 4.79 Å². The number of hydrogen-bond acceptors (Lipinski definition) is 2. The smallest absolute Gasteiger partial charge is 0.185 e. The van der Waals surface area contributed by atoms with Crippen LogP contribution >= 0.6 is 0 Å². The van der Waals surface area contributed by atoms with E-state index in [4.69, 9.17) is 0 Å². The van der Waals surface area contributed by atoms with Gasteiger partial charge in [0.1, 0.15) is 0 Å². The number of rotatable bonds is 2. The first-order chi connectivity index (χ1) is 8.46. The largest absolute Gasteiger partial charge is 0.305 e. The third-order valence-electron chi connectivity index (χ3n) is 3.64. The van der Waals surface area contributed by atoms with Crippen LogP contribution < -0.4 is 5.32 Å². The van der Waals surface area contributed by atoms with Crippen LogP contribution in [0.1, 0.15) is 42.1 Å². The molecule has 1 aromatic rings. The Morgan fingerprint density at radius 1 is 1.28 bits per heavy atom. The summed E-state index contributed by atoms with van der Waals surface area (Å²) < 4.78 is 27.3. The van der Waals surface area contributed by atoms with Gasteiger partial charge in [-0.05, 0) is 51.3 Å². The second kappa shape index (κ2) is 4.76. The van der Waals surface area contributed by atoms with Gasteiger partial charge in [0.25, 0.3) is 0 Å². The van der Waals surface area contributed by atoms with Crippen LogP contribution in [0, 0.1) is 18.6 Å². The van der Waals surface area contributed by atoms with E-state index >= 15 is 0 Å². The van der Waals surface area contributed by atoms with Crippen molar-refractivity contribution in [3.8, 4) is 0 Å². The van der Waals surface area contributed by atoms with Crippen molar-refractivity contribution in [2.45, 2.75) is 38.6 Å². The van der Waals surface area contributed by atoms with E-state index in [1.807, 2.05) is 0 Å². The zero-order valence-electron chi connectivity index (χ0n) is 10.6. The van der Waals surface area contributed by atoms with Crippen LogP contribution in [0.4, 0.5) is 8.78 Å². The van der Waals surface area contributed by atoms with Gasteiger partial charge in [-0.25, -0.2) is 8.78 Å². The van der Waals surface area contributed by atoms with Crippen LogP contribution in [0.5, 0.6) is 0 Å². The molecule has 0 bridgehead atoms. The highest BCUT2D eigenvalue weighted by Crippen LogP contribution is 2.26. The summed E-state index contributed by atoms with van der Waals surface area (Å²) in [6.07, 6.45) is 2.58. The van der Waals surface area contributed by atoms with Gasteiger partial charge >= 0.3 is 0 Å². The van der Waals surface area contributed by atoms with E-state index in [9.17, 15) is 13.6 Å². The van der Waals surface area contributed by atoms with E-state index < -0.39 is 17.2 Å². The fraction of sp³-hybridized carbons (Fsp3) is 0.500. The lowest BCUT2D eigenvalue weighted by Gasteiger charge is -2.33. The third-order valence-corrected chi connectivity index (χ3v) is 3.64. The molecule has 0 radical (unpaired) electrons. The molecule has 0 amide bonds. The molecule has 98 valence electrons. The normalized spacial score (nSPS) is 24.0. The van der Waals surface area contributed by atoms with Crippen molar-refractivity contribution in [3.63, 3.8) is 0 Å². The zero-order chi connectivity index (χ0) is 13.3. The summed E-state index contributed by atoms with van der Waals surface area (Å²) in [5, 5.41) is 3.12. The van der Waals surface area contributed by atoms with E-state index in [0.29, 0.717) is 6.42 Å². The van der Waals surface area contributed by atoms with Crippen molar-refractivity contribution < 1.29 is 13.6 Å². The van der Waals surface area contributed by atoms with Gasteiger partial charge in [-0.15, -0.1) is 0 Å². The first-order valence-corrected chi connectivity index (χ1v) is 6.20. The van der Waals surface area contributed by atoms with E-state index in [2.05, 4.69) is 5.32 Å². The number of Topliss-reactive ketones (excluding diaryl/α,β-unsaturated/α-hetero) is 1. The van der Waals surface area contributed by atoms with Gasteiger partial charge in [-0.1, -0.05) is 6.07 Å². The molecule has 1 fully saturated rings. The summed E-state index contributed by atoms with van der Waals surface area (Å²) in [6, 6.07) is 2.81. The predicted molar refractivity (Wildman–Crippen MR) is 65.7 cm³/mol. The number of benzene rings is 1. The van der Waals surface area contributed by atoms with E-state index in [1.54, 1.807) is 6.92 Å². The molecule has 1 aromatic carbocycles. The maximum absolute atomic E-state index is 13.8. The van der Waals surface area contributed by atoms with E-state index in [0.717, 1.165) is 19.4 Å². The molecule has 0 aliphatic carbocycles. The van der Waals surface area contributed by atoms with Crippen molar-refractivity contribution in [2.75, 3.05) is 6.54 Å². The van der Waals surface area contributed by atoms with Crippen molar-refractivity contribution in [1.82, 2.24) is 5.32 Å². The maximum atomic E-state index is 13.8. The average molecular weight is 253 g/mol. The minimum Gasteiger partial charge on any atom is -0.305 e. The van der Waals surface area contributed by atoms with Crippen LogP contribution in [0.2, 0.25) is 0 Å². The average Bonchev–Trinajstić information content (AvgIpc) is 2.36. The monoisotopic (exact) mass is 253 g/mol. The van der Waals surface area contributed by atoms with Gasteiger partial charge in [-0.2, -0.15) is 0 Å². The minimum absolute atomic E-state index is 0.157. The Morgan fingerprint density at radius 2 is 2.00 bits per heavy atom. The molecule has 1 N–H and O–H groups in total. The Morgan fingerprint density at radius 3 is 2.61 bits per heavy atom. The predicted octanol–water partition coefficient (Wildman–Crippen LogP) is 2.99. The van der Waals surface area contributed by atoms with Crippen LogP contribution in [-0.4, -0.2) is 17.9 Å². The fourth-order valence-corrected chi connectivity index (χ4v) is 2.37. The quantitative estimate of drug-likeness (QED) is 0.821. The highest BCUT2D eigenvalue weighted by Gasteiger charge is 2.36. The number of hydrogen-bond donors (Lipinski definition) is 1. The molecule has 1 atom stereocenters. The molecule has 1 aliphatic heterocycles. The summed E-state index contributed by atoms with van der Waals surface area (Å²) in [7, 11) is 0. The highest BCUT2D eigenvalue weighted by molar-refractivity contribution is 6.03. The summed E-state index contributed by atoms with van der Waals surface area (Å²) in [5.74, 6) is -2.33. The van der Waals surface area contributed by atoms with E-state index in [-0.39, 0.29) is 16.9 Å². The lowest BCUT2D eigenvalue weighted by atomic mass is 9.83. The number of aryl methyl sites for hydroxylation is 1. The summed E-state index contributed by atoms with van der Waals surface area (Å²) in [5.41, 5.74) is -0.721. The van der Waals surface area contributed by atoms with Crippen molar-refractivity contribution in [3.05, 3.63) is 34.9 Å². The number of carbonyl (C=O) groups excluding carboxylic acids is 1. The molecule has 0 aromatic heterocycles. The Hall–Kier alpha value is -1.29. The second-order valence-corrected chi connectivity index (χ2v) is 5.10. The zero-order valence-corrected chi connectivity index (χ0v) is 10.6. The lowest BCUT2D eigenvalue weighted by molar-refractivity contribution is 0.0829. The van der Waals surface area contributed by atoms with Crippen LogP contribution in [0.15, 0.2) is 12.1 Å². The van der Waals surface area contributed by atoms with E-state index in [1.165, 1.54) is 19.1 Å². The van der Waals surface area contributed by atoms with Crippen molar-refractivity contribution >= 4 is 5.78 Å².